The highest BCUT2D eigenvalue weighted by molar-refractivity contribution is 6.35. The molecular weight excluding hydrogens is 490 g/mol. The summed E-state index contributed by atoms with van der Waals surface area (Å²) in [6.07, 6.45) is 1.31. The van der Waals surface area contributed by atoms with Crippen molar-refractivity contribution in [3.63, 3.8) is 0 Å². The van der Waals surface area contributed by atoms with Crippen LogP contribution in [-0.4, -0.2) is 75.3 Å². The number of benzene rings is 2. The molecule has 2 aromatic carbocycles. The van der Waals surface area contributed by atoms with E-state index in [-0.39, 0.29) is 18.7 Å². The van der Waals surface area contributed by atoms with Crippen LogP contribution in [0.5, 0.6) is 0 Å². The number of carbonyl (C=O) groups is 5. The van der Waals surface area contributed by atoms with Gasteiger partial charge in [0.15, 0.2) is 0 Å². The van der Waals surface area contributed by atoms with Crippen LogP contribution in [0, 0.1) is 5.92 Å². The SMILES string of the molecule is COCC(=O)N1C=C(c2ccccc2)N(N(C(C)=O)[C@@H](Cc2ccccc2)C(=O)C(=O)O)C(=O)[C@H]1C(C)C. The van der Waals surface area contributed by atoms with Crippen molar-refractivity contribution in [3.8, 4) is 0 Å². The van der Waals surface area contributed by atoms with Gasteiger partial charge in [0, 0.05) is 32.2 Å². The predicted octanol–water partition coefficient (Wildman–Crippen LogP) is 2.36. The number of ketones is 1. The van der Waals surface area contributed by atoms with E-state index in [1.165, 1.54) is 18.2 Å². The summed E-state index contributed by atoms with van der Waals surface area (Å²) in [5.74, 6) is -5.21. The molecule has 2 aromatic rings. The first-order chi connectivity index (χ1) is 18.1. The number of hydrogen-bond acceptors (Lipinski definition) is 6. The predicted molar refractivity (Wildman–Crippen MR) is 138 cm³/mol. The van der Waals surface area contributed by atoms with Gasteiger partial charge in [-0.15, -0.1) is 0 Å². The van der Waals surface area contributed by atoms with Gasteiger partial charge in [0.2, 0.25) is 5.91 Å². The van der Waals surface area contributed by atoms with E-state index < -0.39 is 47.5 Å². The van der Waals surface area contributed by atoms with Crippen LogP contribution in [-0.2, 0) is 35.1 Å². The molecule has 10 nitrogen and oxygen atoms in total. The third-order valence-electron chi connectivity index (χ3n) is 6.13. The summed E-state index contributed by atoms with van der Waals surface area (Å²) in [5.41, 5.74) is 1.22. The molecular formula is C28H31N3O7. The van der Waals surface area contributed by atoms with Crippen LogP contribution in [0.3, 0.4) is 0 Å². The molecule has 38 heavy (non-hydrogen) atoms. The lowest BCUT2D eigenvalue weighted by molar-refractivity contribution is -0.171. The first-order valence-corrected chi connectivity index (χ1v) is 12.1. The molecule has 0 aliphatic carbocycles. The molecule has 0 fully saturated rings. The summed E-state index contributed by atoms with van der Waals surface area (Å²) >= 11 is 0. The number of methoxy groups -OCH3 is 1. The smallest absolute Gasteiger partial charge is 0.374 e. The Balaban J connectivity index is 2.26. The topological polar surface area (TPSA) is 125 Å². The van der Waals surface area contributed by atoms with Crippen molar-refractivity contribution in [1.29, 1.82) is 0 Å². The number of nitrogens with zero attached hydrogens (tertiary/aromatic N) is 3. The zero-order valence-electron chi connectivity index (χ0n) is 21.7. The molecule has 3 amide bonds. The van der Waals surface area contributed by atoms with Crippen molar-refractivity contribution in [2.24, 2.45) is 5.92 Å². The number of carboxylic acid groups (broad SMARTS) is 1. The van der Waals surface area contributed by atoms with Crippen LogP contribution in [0.4, 0.5) is 0 Å². The van der Waals surface area contributed by atoms with Gasteiger partial charge in [-0.25, -0.2) is 14.8 Å². The molecule has 1 N–H and O–H groups in total. The Bertz CT molecular complexity index is 1230. The highest BCUT2D eigenvalue weighted by atomic mass is 16.5. The van der Waals surface area contributed by atoms with E-state index in [0.717, 1.165) is 16.9 Å². The van der Waals surface area contributed by atoms with Gasteiger partial charge in [-0.2, -0.15) is 0 Å². The van der Waals surface area contributed by atoms with E-state index in [9.17, 15) is 29.1 Å². The minimum atomic E-state index is -1.73. The van der Waals surface area contributed by atoms with Crippen LogP contribution < -0.4 is 0 Å². The van der Waals surface area contributed by atoms with Gasteiger partial charge < -0.3 is 14.7 Å². The fourth-order valence-electron chi connectivity index (χ4n) is 4.46. The number of carboxylic acids is 1. The zero-order valence-corrected chi connectivity index (χ0v) is 21.7. The lowest BCUT2D eigenvalue weighted by Crippen LogP contribution is -2.64. The Labute approximate surface area is 221 Å². The first-order valence-electron chi connectivity index (χ1n) is 12.1. The van der Waals surface area contributed by atoms with Crippen LogP contribution in [0.25, 0.3) is 5.70 Å². The summed E-state index contributed by atoms with van der Waals surface area (Å²) in [4.78, 5) is 66.5. The molecule has 3 rings (SSSR count). The van der Waals surface area contributed by atoms with Gasteiger partial charge in [0.05, 0.1) is 5.70 Å². The van der Waals surface area contributed by atoms with E-state index in [2.05, 4.69) is 0 Å². The third kappa shape index (κ3) is 5.97. The molecule has 0 bridgehead atoms. The van der Waals surface area contributed by atoms with E-state index in [4.69, 9.17) is 4.74 Å². The average Bonchev–Trinajstić information content (AvgIpc) is 2.89. The largest absolute Gasteiger partial charge is 0.475 e. The summed E-state index contributed by atoms with van der Waals surface area (Å²) in [6.45, 7) is 4.38. The number of rotatable bonds is 10. The Morgan fingerprint density at radius 3 is 2.08 bits per heavy atom. The number of hydrazine groups is 1. The normalized spacial score (nSPS) is 16.2. The third-order valence-corrected chi connectivity index (χ3v) is 6.13. The lowest BCUT2D eigenvalue weighted by atomic mass is 9.97. The molecule has 1 heterocycles. The molecule has 0 unspecified atom stereocenters. The molecule has 1 aliphatic heterocycles. The van der Waals surface area contributed by atoms with Gasteiger partial charge >= 0.3 is 5.97 Å². The van der Waals surface area contributed by atoms with Crippen LogP contribution >= 0.6 is 0 Å². The average molecular weight is 522 g/mol. The number of carbonyl (C=O) groups excluding carboxylic acids is 4. The molecule has 2 atom stereocenters. The lowest BCUT2D eigenvalue weighted by Gasteiger charge is -2.46. The number of amides is 3. The molecule has 10 heteroatoms. The maximum atomic E-state index is 14.2. The monoisotopic (exact) mass is 521 g/mol. The maximum Gasteiger partial charge on any atom is 0.374 e. The summed E-state index contributed by atoms with van der Waals surface area (Å²) < 4.78 is 5.02. The van der Waals surface area contributed by atoms with Crippen LogP contribution in [0.1, 0.15) is 31.9 Å². The highest BCUT2D eigenvalue weighted by Gasteiger charge is 2.47. The quantitative estimate of drug-likeness (QED) is 0.476. The van der Waals surface area contributed by atoms with Crippen molar-refractivity contribution in [3.05, 3.63) is 78.0 Å². The fourth-order valence-corrected chi connectivity index (χ4v) is 4.46. The number of ether oxygens (including phenoxy) is 1. The molecule has 200 valence electrons. The minimum absolute atomic E-state index is 0.142. The van der Waals surface area contributed by atoms with E-state index >= 15 is 0 Å². The van der Waals surface area contributed by atoms with Crippen molar-refractivity contribution in [2.45, 2.75) is 39.3 Å². The second kappa shape index (κ2) is 12.3. The fraction of sp³-hybridized carbons (Fsp3) is 0.321. The summed E-state index contributed by atoms with van der Waals surface area (Å²) in [5, 5.41) is 11.6. The van der Waals surface area contributed by atoms with Crippen molar-refractivity contribution in [2.75, 3.05) is 13.7 Å². The second-order valence-electron chi connectivity index (χ2n) is 9.19. The Hall–Kier alpha value is -4.31. The Kier molecular flexibility index (Phi) is 9.14. The molecule has 0 saturated carbocycles. The van der Waals surface area contributed by atoms with Gasteiger partial charge in [-0.05, 0) is 11.5 Å². The molecule has 0 spiro atoms. The zero-order chi connectivity index (χ0) is 28.0. The minimum Gasteiger partial charge on any atom is -0.475 e. The second-order valence-corrected chi connectivity index (χ2v) is 9.19. The van der Waals surface area contributed by atoms with Crippen molar-refractivity contribution in [1.82, 2.24) is 14.9 Å². The Morgan fingerprint density at radius 2 is 1.58 bits per heavy atom. The van der Waals surface area contributed by atoms with Gasteiger partial charge in [-0.1, -0.05) is 74.5 Å². The number of Topliss-reactive ketones (excluding diaryl/α,β-unsaturated/α-hetero) is 1. The molecule has 0 radical (unpaired) electrons. The highest BCUT2D eigenvalue weighted by Crippen LogP contribution is 2.33. The van der Waals surface area contributed by atoms with E-state index in [1.54, 1.807) is 74.5 Å². The molecule has 0 saturated heterocycles. The van der Waals surface area contributed by atoms with Crippen LogP contribution in [0.15, 0.2) is 66.9 Å². The Morgan fingerprint density at radius 1 is 1.00 bits per heavy atom. The van der Waals surface area contributed by atoms with Gasteiger partial charge in [0.1, 0.15) is 18.7 Å². The summed E-state index contributed by atoms with van der Waals surface area (Å²) in [6, 6.07) is 14.6. The maximum absolute atomic E-state index is 14.2. The number of aliphatic carboxylic acids is 1. The molecule has 0 aromatic heterocycles. The standard InChI is InChI=1S/C28H31N3O7/c1-18(2)25-27(35)31(23(21-13-9-6-10-14-21)16-29(25)24(33)17-38-4)30(19(3)32)22(26(34)28(36)37)15-20-11-7-5-8-12-20/h5-14,16,18,22,25H,15,17H2,1-4H3,(H,36,37)/t22-,25+/m0/s1. The van der Waals surface area contributed by atoms with Gasteiger partial charge in [-0.3, -0.25) is 19.2 Å². The van der Waals surface area contributed by atoms with E-state index in [1.807, 2.05) is 0 Å². The first kappa shape index (κ1) is 28.3. The number of hydrogen-bond donors (Lipinski definition) is 1. The van der Waals surface area contributed by atoms with E-state index in [0.29, 0.717) is 11.1 Å². The van der Waals surface area contributed by atoms with Crippen LogP contribution in [0.2, 0.25) is 0 Å². The van der Waals surface area contributed by atoms with Gasteiger partial charge in [0.25, 0.3) is 17.6 Å². The van der Waals surface area contributed by atoms with Crippen molar-refractivity contribution >= 4 is 35.2 Å². The van der Waals surface area contributed by atoms with Crippen molar-refractivity contribution < 1.29 is 33.8 Å². The summed E-state index contributed by atoms with van der Waals surface area (Å²) in [7, 11) is 1.37. The molecule has 1 aliphatic rings.